The van der Waals surface area contributed by atoms with Crippen molar-refractivity contribution in [1.82, 2.24) is 0 Å². The second-order valence-corrected chi connectivity index (χ2v) is 5.97. The van der Waals surface area contributed by atoms with Gasteiger partial charge in [-0.05, 0) is 42.0 Å². The summed E-state index contributed by atoms with van der Waals surface area (Å²) < 4.78 is 5.97. The van der Waals surface area contributed by atoms with Gasteiger partial charge in [-0.3, -0.25) is 0 Å². The Morgan fingerprint density at radius 3 is 2.24 bits per heavy atom. The van der Waals surface area contributed by atoms with Crippen LogP contribution in [-0.2, 0) is 13.0 Å². The standard InChI is InChI=1S/C19H25NO/c1-14(2)17-10-8-16(9-11-17)13-21-19-7-5-4-6-18(19)12-15(3)20/h4-11,14-15H,12-13,20H2,1-3H3. The van der Waals surface area contributed by atoms with Gasteiger partial charge < -0.3 is 10.5 Å². The minimum Gasteiger partial charge on any atom is -0.489 e. The van der Waals surface area contributed by atoms with Gasteiger partial charge in [0.05, 0.1) is 0 Å². The van der Waals surface area contributed by atoms with E-state index in [0.717, 1.165) is 12.2 Å². The minimum atomic E-state index is 0.139. The van der Waals surface area contributed by atoms with E-state index in [2.05, 4.69) is 44.2 Å². The molecule has 1 unspecified atom stereocenters. The normalized spacial score (nSPS) is 12.4. The van der Waals surface area contributed by atoms with E-state index >= 15 is 0 Å². The number of hydrogen-bond donors (Lipinski definition) is 1. The molecule has 2 aromatic rings. The molecule has 0 saturated carbocycles. The van der Waals surface area contributed by atoms with E-state index in [-0.39, 0.29) is 6.04 Å². The van der Waals surface area contributed by atoms with Crippen molar-refractivity contribution in [2.75, 3.05) is 0 Å². The Morgan fingerprint density at radius 1 is 0.952 bits per heavy atom. The van der Waals surface area contributed by atoms with Crippen molar-refractivity contribution in [3.63, 3.8) is 0 Å². The summed E-state index contributed by atoms with van der Waals surface area (Å²) >= 11 is 0. The quantitative estimate of drug-likeness (QED) is 0.859. The third kappa shape index (κ3) is 4.61. The molecule has 2 heteroatoms. The lowest BCUT2D eigenvalue weighted by Crippen LogP contribution is -2.18. The molecule has 2 N–H and O–H groups in total. The van der Waals surface area contributed by atoms with Crippen LogP contribution in [0.15, 0.2) is 48.5 Å². The summed E-state index contributed by atoms with van der Waals surface area (Å²) in [7, 11) is 0. The number of hydrogen-bond acceptors (Lipinski definition) is 2. The molecule has 0 radical (unpaired) electrons. The van der Waals surface area contributed by atoms with Gasteiger partial charge in [0.15, 0.2) is 0 Å². The molecule has 1 atom stereocenters. The van der Waals surface area contributed by atoms with Gasteiger partial charge in [0.2, 0.25) is 0 Å². The Bertz CT molecular complexity index is 558. The highest BCUT2D eigenvalue weighted by atomic mass is 16.5. The fourth-order valence-electron chi connectivity index (χ4n) is 2.32. The van der Waals surface area contributed by atoms with Gasteiger partial charge >= 0.3 is 0 Å². The van der Waals surface area contributed by atoms with Crippen LogP contribution in [0.2, 0.25) is 0 Å². The summed E-state index contributed by atoms with van der Waals surface area (Å²) in [5.74, 6) is 1.49. The SMILES string of the molecule is CC(N)Cc1ccccc1OCc1ccc(C(C)C)cc1. The van der Waals surface area contributed by atoms with E-state index in [1.165, 1.54) is 16.7 Å². The maximum atomic E-state index is 5.97. The van der Waals surface area contributed by atoms with Gasteiger partial charge in [-0.1, -0.05) is 56.3 Å². The fourth-order valence-corrected chi connectivity index (χ4v) is 2.32. The monoisotopic (exact) mass is 283 g/mol. The first-order valence-corrected chi connectivity index (χ1v) is 7.61. The van der Waals surface area contributed by atoms with Crippen LogP contribution in [0.25, 0.3) is 0 Å². The molecule has 0 aliphatic rings. The first-order valence-electron chi connectivity index (χ1n) is 7.61. The van der Waals surface area contributed by atoms with E-state index in [1.54, 1.807) is 0 Å². The van der Waals surface area contributed by atoms with Crippen molar-refractivity contribution in [2.45, 2.75) is 45.8 Å². The number of ether oxygens (including phenoxy) is 1. The number of nitrogens with two attached hydrogens (primary N) is 1. The maximum absolute atomic E-state index is 5.97. The third-order valence-electron chi connectivity index (χ3n) is 3.56. The molecular formula is C19H25NO. The molecule has 2 aromatic carbocycles. The molecule has 2 nitrogen and oxygen atoms in total. The molecule has 2 rings (SSSR count). The molecule has 0 heterocycles. The van der Waals surface area contributed by atoms with Crippen LogP contribution in [0, 0.1) is 0 Å². The average molecular weight is 283 g/mol. The molecule has 0 amide bonds. The van der Waals surface area contributed by atoms with Gasteiger partial charge in [0.25, 0.3) is 0 Å². The van der Waals surface area contributed by atoms with Crippen molar-refractivity contribution in [3.05, 3.63) is 65.2 Å². The summed E-state index contributed by atoms with van der Waals surface area (Å²) in [5, 5.41) is 0. The Balaban J connectivity index is 2.02. The van der Waals surface area contributed by atoms with Crippen LogP contribution >= 0.6 is 0 Å². The average Bonchev–Trinajstić information content (AvgIpc) is 2.46. The maximum Gasteiger partial charge on any atom is 0.123 e. The molecule has 112 valence electrons. The molecule has 0 bridgehead atoms. The van der Waals surface area contributed by atoms with E-state index < -0.39 is 0 Å². The van der Waals surface area contributed by atoms with Crippen LogP contribution in [0.1, 0.15) is 43.4 Å². The smallest absolute Gasteiger partial charge is 0.123 e. The lowest BCUT2D eigenvalue weighted by atomic mass is 10.0. The second kappa shape index (κ2) is 7.28. The van der Waals surface area contributed by atoms with Crippen molar-refractivity contribution in [2.24, 2.45) is 5.73 Å². The van der Waals surface area contributed by atoms with Gasteiger partial charge in [-0.2, -0.15) is 0 Å². The summed E-state index contributed by atoms with van der Waals surface area (Å²) in [6, 6.07) is 16.9. The van der Waals surface area contributed by atoms with Gasteiger partial charge in [-0.25, -0.2) is 0 Å². The predicted molar refractivity (Wildman–Crippen MR) is 88.7 cm³/mol. The Hall–Kier alpha value is -1.80. The number of para-hydroxylation sites is 1. The largest absolute Gasteiger partial charge is 0.489 e. The van der Waals surface area contributed by atoms with Crippen LogP contribution < -0.4 is 10.5 Å². The Labute approximate surface area is 127 Å². The van der Waals surface area contributed by atoms with E-state index in [0.29, 0.717) is 12.5 Å². The van der Waals surface area contributed by atoms with Crippen molar-refractivity contribution in [1.29, 1.82) is 0 Å². The van der Waals surface area contributed by atoms with Crippen molar-refractivity contribution < 1.29 is 4.74 Å². The van der Waals surface area contributed by atoms with Crippen LogP contribution in [-0.4, -0.2) is 6.04 Å². The van der Waals surface area contributed by atoms with Crippen molar-refractivity contribution >= 4 is 0 Å². The third-order valence-corrected chi connectivity index (χ3v) is 3.56. The van der Waals surface area contributed by atoms with Crippen molar-refractivity contribution in [3.8, 4) is 5.75 Å². The molecule has 0 spiro atoms. The predicted octanol–water partition coefficient (Wildman–Crippen LogP) is 4.28. The van der Waals surface area contributed by atoms with Gasteiger partial charge in [-0.15, -0.1) is 0 Å². The highest BCUT2D eigenvalue weighted by Gasteiger charge is 2.06. The van der Waals surface area contributed by atoms with E-state index in [1.807, 2.05) is 25.1 Å². The van der Waals surface area contributed by atoms with Crippen LogP contribution in [0.5, 0.6) is 5.75 Å². The highest BCUT2D eigenvalue weighted by molar-refractivity contribution is 5.34. The number of rotatable bonds is 6. The molecule has 0 fully saturated rings. The zero-order valence-corrected chi connectivity index (χ0v) is 13.2. The summed E-state index contributed by atoms with van der Waals surface area (Å²) in [6.07, 6.45) is 0.836. The van der Waals surface area contributed by atoms with Crippen LogP contribution in [0.3, 0.4) is 0 Å². The Kier molecular flexibility index (Phi) is 5.40. The zero-order valence-electron chi connectivity index (χ0n) is 13.2. The first kappa shape index (κ1) is 15.6. The molecular weight excluding hydrogens is 258 g/mol. The van der Waals surface area contributed by atoms with E-state index in [9.17, 15) is 0 Å². The Morgan fingerprint density at radius 2 is 1.62 bits per heavy atom. The first-order chi connectivity index (χ1) is 10.1. The topological polar surface area (TPSA) is 35.2 Å². The molecule has 0 aliphatic carbocycles. The van der Waals surface area contributed by atoms with Gasteiger partial charge in [0.1, 0.15) is 12.4 Å². The highest BCUT2D eigenvalue weighted by Crippen LogP contribution is 2.21. The second-order valence-electron chi connectivity index (χ2n) is 5.97. The van der Waals surface area contributed by atoms with Gasteiger partial charge in [0, 0.05) is 6.04 Å². The molecule has 21 heavy (non-hydrogen) atoms. The minimum absolute atomic E-state index is 0.139. The fraction of sp³-hybridized carbons (Fsp3) is 0.368. The lowest BCUT2D eigenvalue weighted by molar-refractivity contribution is 0.302. The molecule has 0 aromatic heterocycles. The lowest BCUT2D eigenvalue weighted by Gasteiger charge is -2.13. The zero-order chi connectivity index (χ0) is 15.2. The van der Waals surface area contributed by atoms with Crippen LogP contribution in [0.4, 0.5) is 0 Å². The number of benzene rings is 2. The summed E-state index contributed by atoms with van der Waals surface area (Å²) in [4.78, 5) is 0. The van der Waals surface area contributed by atoms with E-state index in [4.69, 9.17) is 10.5 Å². The summed E-state index contributed by atoms with van der Waals surface area (Å²) in [6.45, 7) is 7.02. The summed E-state index contributed by atoms with van der Waals surface area (Å²) in [5.41, 5.74) is 9.61. The molecule has 0 saturated heterocycles. The molecule has 0 aliphatic heterocycles.